The minimum absolute atomic E-state index is 0.0448. The lowest BCUT2D eigenvalue weighted by Gasteiger charge is -2.26. The number of alkyl carbamates (subject to hydrolysis) is 1. The summed E-state index contributed by atoms with van der Waals surface area (Å²) in [6, 6.07) is 14.2. The highest BCUT2D eigenvalue weighted by Gasteiger charge is 2.36. The predicted octanol–water partition coefficient (Wildman–Crippen LogP) is 3.02. The maximum atomic E-state index is 12.1. The Morgan fingerprint density at radius 2 is 1.67 bits per heavy atom. The van der Waals surface area contributed by atoms with Crippen LogP contribution in [-0.4, -0.2) is 36.9 Å². The summed E-state index contributed by atoms with van der Waals surface area (Å²) in [7, 11) is 3.01. The zero-order chi connectivity index (χ0) is 19.9. The Morgan fingerprint density at radius 1 is 1.00 bits per heavy atom. The van der Waals surface area contributed by atoms with Crippen LogP contribution in [0, 0.1) is 0 Å². The molecule has 0 aliphatic rings. The van der Waals surface area contributed by atoms with Crippen LogP contribution in [0.15, 0.2) is 48.5 Å². The van der Waals surface area contributed by atoms with Crippen LogP contribution in [0.2, 0.25) is 0 Å². The van der Waals surface area contributed by atoms with E-state index in [9.17, 15) is 14.7 Å². The Kier molecular flexibility index (Phi) is 6.65. The van der Waals surface area contributed by atoms with E-state index in [4.69, 9.17) is 14.2 Å². The molecule has 7 nitrogen and oxygen atoms in total. The van der Waals surface area contributed by atoms with Crippen LogP contribution in [-0.2, 0) is 22.6 Å². The SMILES string of the molecule is COc1ccc(C[C@](C)(NC(=O)OCc2ccccc2)C(=O)O)cc1OC. The minimum atomic E-state index is -1.55. The first-order chi connectivity index (χ1) is 12.9. The number of carboxylic acids is 1. The van der Waals surface area contributed by atoms with E-state index in [0.29, 0.717) is 17.1 Å². The summed E-state index contributed by atoms with van der Waals surface area (Å²) in [6.45, 7) is 1.48. The van der Waals surface area contributed by atoms with E-state index in [1.807, 2.05) is 30.3 Å². The van der Waals surface area contributed by atoms with Crippen LogP contribution in [0.25, 0.3) is 0 Å². The Labute approximate surface area is 157 Å². The molecule has 2 aromatic rings. The van der Waals surface area contributed by atoms with Gasteiger partial charge in [-0.2, -0.15) is 0 Å². The van der Waals surface area contributed by atoms with Crippen LogP contribution >= 0.6 is 0 Å². The van der Waals surface area contributed by atoms with E-state index >= 15 is 0 Å². The van der Waals surface area contributed by atoms with E-state index in [1.165, 1.54) is 21.1 Å². The van der Waals surface area contributed by atoms with Crippen molar-refractivity contribution in [2.24, 2.45) is 0 Å². The lowest BCUT2D eigenvalue weighted by Crippen LogP contribution is -2.53. The van der Waals surface area contributed by atoms with Crippen molar-refractivity contribution < 1.29 is 28.9 Å². The van der Waals surface area contributed by atoms with Gasteiger partial charge in [0.2, 0.25) is 0 Å². The number of aliphatic carboxylic acids is 1. The molecule has 0 aliphatic carbocycles. The zero-order valence-corrected chi connectivity index (χ0v) is 15.5. The van der Waals surface area contributed by atoms with Gasteiger partial charge >= 0.3 is 12.1 Å². The average Bonchev–Trinajstić information content (AvgIpc) is 2.66. The van der Waals surface area contributed by atoms with Crippen molar-refractivity contribution >= 4 is 12.1 Å². The second kappa shape index (κ2) is 8.93. The van der Waals surface area contributed by atoms with Crippen molar-refractivity contribution in [2.75, 3.05) is 14.2 Å². The molecule has 0 aliphatic heterocycles. The second-order valence-electron chi connectivity index (χ2n) is 6.19. The Balaban J connectivity index is 2.08. The number of carbonyl (C=O) groups is 2. The molecule has 27 heavy (non-hydrogen) atoms. The number of hydrogen-bond donors (Lipinski definition) is 2. The molecular formula is C20H23NO6. The minimum Gasteiger partial charge on any atom is -0.493 e. The van der Waals surface area contributed by atoms with Gasteiger partial charge in [0, 0.05) is 6.42 Å². The number of rotatable bonds is 8. The van der Waals surface area contributed by atoms with Gasteiger partial charge in [0.25, 0.3) is 0 Å². The summed E-state index contributed by atoms with van der Waals surface area (Å²) in [5.74, 6) is -0.156. The smallest absolute Gasteiger partial charge is 0.408 e. The number of hydrogen-bond acceptors (Lipinski definition) is 5. The highest BCUT2D eigenvalue weighted by Crippen LogP contribution is 2.29. The zero-order valence-electron chi connectivity index (χ0n) is 15.5. The van der Waals surface area contributed by atoms with E-state index in [2.05, 4.69) is 5.32 Å². The van der Waals surface area contributed by atoms with Gasteiger partial charge in [0.05, 0.1) is 14.2 Å². The molecule has 0 fully saturated rings. The maximum absolute atomic E-state index is 12.1. The molecule has 0 aromatic heterocycles. The number of carboxylic acid groups (broad SMARTS) is 1. The first kappa shape index (κ1) is 20.1. The highest BCUT2D eigenvalue weighted by atomic mass is 16.5. The van der Waals surface area contributed by atoms with Crippen LogP contribution in [0.1, 0.15) is 18.1 Å². The van der Waals surface area contributed by atoms with E-state index in [1.54, 1.807) is 18.2 Å². The molecule has 1 atom stereocenters. The third kappa shape index (κ3) is 5.37. The summed E-state index contributed by atoms with van der Waals surface area (Å²) in [5.41, 5.74) is -0.0709. The molecule has 0 saturated heterocycles. The summed E-state index contributed by atoms with van der Waals surface area (Å²) in [6.07, 6.45) is -0.757. The van der Waals surface area contributed by atoms with Gasteiger partial charge in [0.1, 0.15) is 12.1 Å². The van der Waals surface area contributed by atoms with Crippen molar-refractivity contribution in [3.63, 3.8) is 0 Å². The molecule has 0 bridgehead atoms. The second-order valence-corrected chi connectivity index (χ2v) is 6.19. The molecule has 0 unspecified atom stereocenters. The molecule has 0 radical (unpaired) electrons. The molecule has 2 aromatic carbocycles. The lowest BCUT2D eigenvalue weighted by atomic mass is 9.93. The molecule has 2 rings (SSSR count). The Hall–Kier alpha value is -3.22. The lowest BCUT2D eigenvalue weighted by molar-refractivity contribution is -0.143. The monoisotopic (exact) mass is 373 g/mol. The van der Waals surface area contributed by atoms with Crippen molar-refractivity contribution in [2.45, 2.75) is 25.5 Å². The molecule has 0 spiro atoms. The molecule has 144 valence electrons. The normalized spacial score (nSPS) is 12.6. The maximum Gasteiger partial charge on any atom is 0.408 e. The molecule has 7 heteroatoms. The Bertz CT molecular complexity index is 792. The van der Waals surface area contributed by atoms with Crippen LogP contribution in [0.5, 0.6) is 11.5 Å². The standard InChI is InChI=1S/C20H23NO6/c1-20(18(22)23,12-15-9-10-16(25-2)17(11-15)26-3)21-19(24)27-13-14-7-5-4-6-8-14/h4-11H,12-13H2,1-3H3,(H,21,24)(H,22,23)/t20-/m0/s1. The highest BCUT2D eigenvalue weighted by molar-refractivity contribution is 5.84. The van der Waals surface area contributed by atoms with Crippen LogP contribution in [0.4, 0.5) is 4.79 Å². The molecular weight excluding hydrogens is 350 g/mol. The van der Waals surface area contributed by atoms with E-state index in [-0.39, 0.29) is 13.0 Å². The van der Waals surface area contributed by atoms with Gasteiger partial charge in [-0.3, -0.25) is 0 Å². The third-order valence-electron chi connectivity index (χ3n) is 4.07. The van der Waals surface area contributed by atoms with Crippen LogP contribution < -0.4 is 14.8 Å². The van der Waals surface area contributed by atoms with Crippen molar-refractivity contribution in [3.05, 3.63) is 59.7 Å². The molecule has 2 N–H and O–H groups in total. The van der Waals surface area contributed by atoms with Crippen molar-refractivity contribution in [1.29, 1.82) is 0 Å². The predicted molar refractivity (Wildman–Crippen MR) is 99.1 cm³/mol. The fraction of sp³-hybridized carbons (Fsp3) is 0.300. The van der Waals surface area contributed by atoms with Gasteiger partial charge in [-0.1, -0.05) is 36.4 Å². The average molecular weight is 373 g/mol. The summed E-state index contributed by atoms with van der Waals surface area (Å²) < 4.78 is 15.5. The van der Waals surface area contributed by atoms with Gasteiger partial charge in [-0.15, -0.1) is 0 Å². The number of nitrogens with one attached hydrogen (secondary N) is 1. The Morgan fingerprint density at radius 3 is 2.26 bits per heavy atom. The fourth-order valence-corrected chi connectivity index (χ4v) is 2.56. The first-order valence-electron chi connectivity index (χ1n) is 8.31. The quantitative estimate of drug-likeness (QED) is 0.739. The van der Waals surface area contributed by atoms with Gasteiger partial charge < -0.3 is 24.6 Å². The number of methoxy groups -OCH3 is 2. The number of ether oxygens (including phenoxy) is 3. The molecule has 0 heterocycles. The molecule has 0 saturated carbocycles. The summed E-state index contributed by atoms with van der Waals surface area (Å²) >= 11 is 0. The van der Waals surface area contributed by atoms with Gasteiger partial charge in [0.15, 0.2) is 11.5 Å². The van der Waals surface area contributed by atoms with Gasteiger partial charge in [-0.05, 0) is 30.2 Å². The number of carbonyl (C=O) groups excluding carboxylic acids is 1. The number of benzene rings is 2. The van der Waals surface area contributed by atoms with E-state index < -0.39 is 17.6 Å². The third-order valence-corrected chi connectivity index (χ3v) is 4.07. The van der Waals surface area contributed by atoms with E-state index in [0.717, 1.165) is 5.56 Å². The van der Waals surface area contributed by atoms with Gasteiger partial charge in [-0.25, -0.2) is 9.59 Å². The largest absolute Gasteiger partial charge is 0.493 e. The van der Waals surface area contributed by atoms with Crippen molar-refractivity contribution in [1.82, 2.24) is 5.32 Å². The summed E-state index contributed by atoms with van der Waals surface area (Å²) in [4.78, 5) is 23.9. The fourth-order valence-electron chi connectivity index (χ4n) is 2.56. The van der Waals surface area contributed by atoms with Crippen LogP contribution in [0.3, 0.4) is 0 Å². The van der Waals surface area contributed by atoms with Crippen molar-refractivity contribution in [3.8, 4) is 11.5 Å². The summed E-state index contributed by atoms with van der Waals surface area (Å²) in [5, 5.41) is 12.1. The molecule has 1 amide bonds. The topological polar surface area (TPSA) is 94.1 Å². The first-order valence-corrected chi connectivity index (χ1v) is 8.31. The number of amides is 1.